The van der Waals surface area contributed by atoms with Gasteiger partial charge in [0.05, 0.1) is 23.5 Å². The lowest BCUT2D eigenvalue weighted by Crippen LogP contribution is -2.06. The van der Waals surface area contributed by atoms with Crippen molar-refractivity contribution in [3.8, 4) is 0 Å². The van der Waals surface area contributed by atoms with Crippen LogP contribution in [0.5, 0.6) is 0 Å². The lowest BCUT2D eigenvalue weighted by molar-refractivity contribution is 0.0528. The van der Waals surface area contributed by atoms with E-state index in [0.717, 1.165) is 17.7 Å². The Labute approximate surface area is 152 Å². The van der Waals surface area contributed by atoms with E-state index in [1.807, 2.05) is 6.07 Å². The zero-order valence-corrected chi connectivity index (χ0v) is 15.5. The molecule has 0 aliphatic heterocycles. The minimum Gasteiger partial charge on any atom is -0.462 e. The summed E-state index contributed by atoms with van der Waals surface area (Å²) in [5.74, 6) is -0.752. The van der Waals surface area contributed by atoms with E-state index in [1.165, 1.54) is 42.7 Å². The Morgan fingerprint density at radius 3 is 2.72 bits per heavy atom. The highest BCUT2D eigenvalue weighted by molar-refractivity contribution is 7.16. The number of nitrogens with two attached hydrogens (primary N) is 1. The Morgan fingerprint density at radius 2 is 2.04 bits per heavy atom. The van der Waals surface area contributed by atoms with E-state index in [-0.39, 0.29) is 5.97 Å². The average Bonchev–Trinajstić information content (AvgIpc) is 2.97. The van der Waals surface area contributed by atoms with Gasteiger partial charge in [0.25, 0.3) is 0 Å². The Hall–Kier alpha value is -2.08. The summed E-state index contributed by atoms with van der Waals surface area (Å²) in [6.45, 7) is 4.28. The number of unbranched alkanes of at least 4 members (excludes halogenated alkanes) is 3. The fourth-order valence-corrected chi connectivity index (χ4v) is 3.61. The minimum atomic E-state index is -0.392. The molecule has 0 aliphatic carbocycles. The SMILES string of the molecule is CCCCCCc1cc(C(=O)OCC)c(Nc2ccc(F)cc2N)s1. The second kappa shape index (κ2) is 9.42. The summed E-state index contributed by atoms with van der Waals surface area (Å²) < 4.78 is 18.4. The van der Waals surface area contributed by atoms with Crippen LogP contribution < -0.4 is 11.1 Å². The van der Waals surface area contributed by atoms with Crippen LogP contribution in [0.4, 0.5) is 20.8 Å². The van der Waals surface area contributed by atoms with Crippen molar-refractivity contribution in [2.24, 2.45) is 0 Å². The number of halogens is 1. The van der Waals surface area contributed by atoms with E-state index < -0.39 is 5.82 Å². The van der Waals surface area contributed by atoms with Crippen molar-refractivity contribution in [1.82, 2.24) is 0 Å². The second-order valence-electron chi connectivity index (χ2n) is 5.84. The summed E-state index contributed by atoms with van der Waals surface area (Å²) in [5, 5.41) is 3.84. The zero-order chi connectivity index (χ0) is 18.2. The van der Waals surface area contributed by atoms with Gasteiger partial charge in [0.1, 0.15) is 10.8 Å². The minimum absolute atomic E-state index is 0.299. The fraction of sp³-hybridized carbons (Fsp3) is 0.421. The molecule has 0 radical (unpaired) electrons. The maximum Gasteiger partial charge on any atom is 0.341 e. The highest BCUT2D eigenvalue weighted by Gasteiger charge is 2.18. The number of rotatable bonds is 9. The quantitative estimate of drug-likeness (QED) is 0.350. The van der Waals surface area contributed by atoms with Crippen molar-refractivity contribution in [2.45, 2.75) is 46.0 Å². The van der Waals surface area contributed by atoms with Crippen LogP contribution in [-0.4, -0.2) is 12.6 Å². The van der Waals surface area contributed by atoms with Gasteiger partial charge in [-0.3, -0.25) is 0 Å². The lowest BCUT2D eigenvalue weighted by Gasteiger charge is -2.09. The summed E-state index contributed by atoms with van der Waals surface area (Å²) >= 11 is 1.52. The number of aryl methyl sites for hydroxylation is 1. The van der Waals surface area contributed by atoms with Crippen LogP contribution in [0.25, 0.3) is 0 Å². The number of ether oxygens (including phenoxy) is 1. The van der Waals surface area contributed by atoms with E-state index in [2.05, 4.69) is 12.2 Å². The molecule has 2 rings (SSSR count). The molecule has 6 heteroatoms. The molecule has 0 saturated carbocycles. The third-order valence-electron chi connectivity index (χ3n) is 3.82. The summed E-state index contributed by atoms with van der Waals surface area (Å²) in [7, 11) is 0. The summed E-state index contributed by atoms with van der Waals surface area (Å²) in [6, 6.07) is 6.05. The van der Waals surface area contributed by atoms with E-state index >= 15 is 0 Å². The maximum absolute atomic E-state index is 13.2. The molecular formula is C19H25FN2O2S. The van der Waals surface area contributed by atoms with Gasteiger partial charge in [0.2, 0.25) is 0 Å². The monoisotopic (exact) mass is 364 g/mol. The van der Waals surface area contributed by atoms with Crippen LogP contribution >= 0.6 is 11.3 Å². The Kier molecular flexibility index (Phi) is 7.25. The van der Waals surface area contributed by atoms with E-state index in [0.29, 0.717) is 28.5 Å². The van der Waals surface area contributed by atoms with Gasteiger partial charge < -0.3 is 15.8 Å². The molecule has 0 unspecified atom stereocenters. The Balaban J connectivity index is 2.20. The predicted octanol–water partition coefficient (Wildman–Crippen LogP) is 5.51. The highest BCUT2D eigenvalue weighted by Crippen LogP contribution is 2.34. The van der Waals surface area contributed by atoms with Gasteiger partial charge in [0, 0.05) is 4.88 Å². The number of esters is 1. The average molecular weight is 364 g/mol. The first-order chi connectivity index (χ1) is 12.0. The van der Waals surface area contributed by atoms with Crippen LogP contribution in [0.2, 0.25) is 0 Å². The van der Waals surface area contributed by atoms with Crippen molar-refractivity contribution < 1.29 is 13.9 Å². The van der Waals surface area contributed by atoms with Gasteiger partial charge in [0.15, 0.2) is 0 Å². The smallest absolute Gasteiger partial charge is 0.341 e. The van der Waals surface area contributed by atoms with E-state index in [1.54, 1.807) is 13.0 Å². The normalized spacial score (nSPS) is 10.7. The number of carbonyl (C=O) groups is 1. The molecular weight excluding hydrogens is 339 g/mol. The van der Waals surface area contributed by atoms with Gasteiger partial charge in [-0.05, 0) is 44.0 Å². The Bertz CT molecular complexity index is 715. The highest BCUT2D eigenvalue weighted by atomic mass is 32.1. The van der Waals surface area contributed by atoms with Crippen molar-refractivity contribution >= 4 is 33.7 Å². The molecule has 136 valence electrons. The van der Waals surface area contributed by atoms with Gasteiger partial charge >= 0.3 is 5.97 Å². The first kappa shape index (κ1) is 19.2. The van der Waals surface area contributed by atoms with Crippen molar-refractivity contribution in [3.63, 3.8) is 0 Å². The van der Waals surface area contributed by atoms with Crippen molar-refractivity contribution in [2.75, 3.05) is 17.7 Å². The van der Waals surface area contributed by atoms with Gasteiger partial charge in [-0.25, -0.2) is 9.18 Å². The number of hydrogen-bond donors (Lipinski definition) is 2. The molecule has 0 amide bonds. The van der Waals surface area contributed by atoms with E-state index in [4.69, 9.17) is 10.5 Å². The molecule has 1 aromatic heterocycles. The molecule has 0 aliphatic rings. The first-order valence-electron chi connectivity index (χ1n) is 8.67. The van der Waals surface area contributed by atoms with Gasteiger partial charge in [-0.15, -0.1) is 11.3 Å². The lowest BCUT2D eigenvalue weighted by atomic mass is 10.1. The van der Waals surface area contributed by atoms with Crippen LogP contribution in [0.1, 0.15) is 54.8 Å². The van der Waals surface area contributed by atoms with Crippen molar-refractivity contribution in [3.05, 3.63) is 40.5 Å². The molecule has 0 spiro atoms. The molecule has 2 aromatic rings. The molecule has 1 heterocycles. The van der Waals surface area contributed by atoms with Crippen LogP contribution in [0, 0.1) is 5.82 Å². The van der Waals surface area contributed by atoms with Gasteiger partial charge in [-0.2, -0.15) is 0 Å². The summed E-state index contributed by atoms with van der Waals surface area (Å²) in [4.78, 5) is 13.4. The standard InChI is InChI=1S/C19H25FN2O2S/c1-3-5-6-7-8-14-12-15(19(23)24-4-2)18(25-14)22-17-10-9-13(20)11-16(17)21/h9-12,22H,3-8,21H2,1-2H3. The number of anilines is 3. The van der Waals surface area contributed by atoms with E-state index in [9.17, 15) is 9.18 Å². The summed E-state index contributed by atoms with van der Waals surface area (Å²) in [6.07, 6.45) is 5.60. The number of thiophene rings is 1. The predicted molar refractivity (Wildman–Crippen MR) is 102 cm³/mol. The molecule has 25 heavy (non-hydrogen) atoms. The maximum atomic E-state index is 13.2. The number of nitrogens with one attached hydrogen (secondary N) is 1. The summed E-state index contributed by atoms with van der Waals surface area (Å²) in [5.41, 5.74) is 7.24. The third-order valence-corrected chi connectivity index (χ3v) is 4.93. The molecule has 0 bridgehead atoms. The molecule has 0 saturated heterocycles. The van der Waals surface area contributed by atoms with Crippen LogP contribution in [0.3, 0.4) is 0 Å². The number of nitrogen functional groups attached to an aromatic ring is 1. The topological polar surface area (TPSA) is 64.3 Å². The van der Waals surface area contributed by atoms with Gasteiger partial charge in [-0.1, -0.05) is 26.2 Å². The number of benzene rings is 1. The first-order valence-corrected chi connectivity index (χ1v) is 9.48. The largest absolute Gasteiger partial charge is 0.462 e. The van der Waals surface area contributed by atoms with Crippen LogP contribution in [-0.2, 0) is 11.2 Å². The fourth-order valence-electron chi connectivity index (χ4n) is 2.51. The zero-order valence-electron chi connectivity index (χ0n) is 14.7. The molecule has 0 fully saturated rings. The molecule has 3 N–H and O–H groups in total. The Morgan fingerprint density at radius 1 is 1.24 bits per heavy atom. The molecule has 1 aromatic carbocycles. The molecule has 0 atom stereocenters. The molecule has 4 nitrogen and oxygen atoms in total. The van der Waals surface area contributed by atoms with Crippen molar-refractivity contribution in [1.29, 1.82) is 0 Å². The van der Waals surface area contributed by atoms with Crippen LogP contribution in [0.15, 0.2) is 24.3 Å². The number of carbonyl (C=O) groups excluding carboxylic acids is 1. The third kappa shape index (κ3) is 5.46. The second-order valence-corrected chi connectivity index (χ2v) is 6.98. The number of hydrogen-bond acceptors (Lipinski definition) is 5.